The predicted molar refractivity (Wildman–Crippen MR) is 357 cm³/mol. The van der Waals surface area contributed by atoms with E-state index in [2.05, 4.69) is 52.7 Å². The number of anilines is 1. The molecule has 8 rings (SSSR count). The van der Waals surface area contributed by atoms with Crippen molar-refractivity contribution in [1.82, 2.24) is 44.9 Å². The molecule has 4 saturated carbocycles. The smallest absolute Gasteiger partial charge is 0.409 e. The summed E-state index contributed by atoms with van der Waals surface area (Å²) in [5, 5.41) is 26.1. The fourth-order valence-corrected chi connectivity index (χ4v) is 13.5. The van der Waals surface area contributed by atoms with E-state index in [9.17, 15) is 29.1 Å². The quantitative estimate of drug-likeness (QED) is 0.0199. The third kappa shape index (κ3) is 21.0. The summed E-state index contributed by atoms with van der Waals surface area (Å²) in [7, 11) is 5.31. The maximum Gasteiger partial charge on any atom is 0.409 e. The number of aliphatic hydroxyl groups is 1. The Morgan fingerprint density at radius 1 is 0.663 bits per heavy atom. The van der Waals surface area contributed by atoms with E-state index in [1.54, 1.807) is 25.2 Å². The number of ether oxygens (including phenoxy) is 6. The Morgan fingerprint density at radius 2 is 1.22 bits per heavy atom. The molecule has 92 heavy (non-hydrogen) atoms. The minimum Gasteiger partial charge on any atom is -0.496 e. The number of carbonyl (C=O) groups is 5. The molecule has 2 heterocycles. The van der Waals surface area contributed by atoms with E-state index in [0.717, 1.165) is 68.6 Å². The molecule has 4 bridgehead atoms. The van der Waals surface area contributed by atoms with E-state index in [1.807, 2.05) is 100 Å². The SMILES string of the molecule is COc1cccc(OC)c1-c1cc(C(=O)NC2(C(=O)OCC(C)C)C3CC4CC(C3)CC2C4)nn1-c1ccc(NCCCN(C)CCCNC(=O)CN2CCN(CC(=O)OCC(C)C)CCN(CC(O)OCC(C)C)CCN(C(=O)OCC(C)C)CC2)cc1C(C)C. The van der Waals surface area contributed by atoms with Crippen molar-refractivity contribution in [2.75, 3.05) is 151 Å². The maximum absolute atomic E-state index is 14.9. The summed E-state index contributed by atoms with van der Waals surface area (Å²) in [6, 6.07) is 13.6. The second kappa shape index (κ2) is 35.5. The van der Waals surface area contributed by atoms with Crippen LogP contribution in [0, 0.1) is 47.3 Å². The summed E-state index contributed by atoms with van der Waals surface area (Å²) in [4.78, 5) is 79.7. The monoisotopic (exact) mass is 1280 g/mol. The first-order valence-electron chi connectivity index (χ1n) is 34.1. The number of β-amino-alcohol motifs (C(OH)–C–C–N with tert-alkyl or cyclic N) is 1. The molecule has 5 fully saturated rings. The van der Waals surface area contributed by atoms with Gasteiger partial charge in [0.15, 0.2) is 12.0 Å². The van der Waals surface area contributed by atoms with Gasteiger partial charge < -0.3 is 59.3 Å². The summed E-state index contributed by atoms with van der Waals surface area (Å²) in [6.07, 6.45) is 4.97. The van der Waals surface area contributed by atoms with Gasteiger partial charge in [0.2, 0.25) is 5.91 Å². The molecule has 1 aliphatic heterocycles. The minimum atomic E-state index is -1.12. The third-order valence-corrected chi connectivity index (χ3v) is 18.2. The number of amides is 3. The molecule has 1 aromatic heterocycles. The van der Waals surface area contributed by atoms with Gasteiger partial charge in [0, 0.05) is 77.7 Å². The highest BCUT2D eigenvalue weighted by atomic mass is 16.6. The van der Waals surface area contributed by atoms with Crippen molar-refractivity contribution in [3.63, 3.8) is 0 Å². The highest BCUT2D eigenvalue weighted by Gasteiger charge is 2.63. The largest absolute Gasteiger partial charge is 0.496 e. The van der Waals surface area contributed by atoms with Gasteiger partial charge in [-0.1, -0.05) is 75.3 Å². The number of benzene rings is 2. The van der Waals surface area contributed by atoms with Gasteiger partial charge in [-0.15, -0.1) is 0 Å². The first-order valence-corrected chi connectivity index (χ1v) is 34.1. The van der Waals surface area contributed by atoms with Crippen LogP contribution >= 0.6 is 0 Å². The standard InChI is InChI=1S/C70H112N10O12/c1-47(2)43-89-64(82)41-77-26-25-76(29-31-79(69(86)92-46-50(7)8)32-30-78(28-27-77)42-65(83)90-44-48(3)4)40-63(81)72-22-16-24-75(11)23-15-21-71-56-19-20-59(57(38-56)51(9)10)80-60(66-61(87-12)17-14-18-62(66)88-13)39-58(74-80)67(84)73-70(68(85)91-45-49(5)6)54-34-52-33-53(36-54)37-55(70)35-52/h14,17-20,38-39,47-55,65,71,83H,15-16,21-37,40-46H2,1-13H3,(H,72,81)(H,73,84). The molecule has 5 aliphatic rings. The van der Waals surface area contributed by atoms with E-state index < -0.39 is 23.8 Å². The second-order valence-corrected chi connectivity index (χ2v) is 28.3. The number of rotatable bonds is 32. The number of hydrogen-bond donors (Lipinski definition) is 4. The van der Waals surface area contributed by atoms with Gasteiger partial charge >= 0.3 is 18.0 Å². The molecule has 4 aliphatic carbocycles. The molecule has 1 saturated heterocycles. The highest BCUT2D eigenvalue weighted by molar-refractivity contribution is 5.98. The summed E-state index contributed by atoms with van der Waals surface area (Å²) < 4.78 is 36.8. The van der Waals surface area contributed by atoms with E-state index >= 15 is 0 Å². The molecular weight excluding hydrogens is 1170 g/mol. The summed E-state index contributed by atoms with van der Waals surface area (Å²) in [6.45, 7) is 28.4. The first kappa shape index (κ1) is 73.4. The van der Waals surface area contributed by atoms with Crippen molar-refractivity contribution in [1.29, 1.82) is 0 Å². The fraction of sp³-hybridized carbons (Fsp3) is 0.714. The number of nitrogens with zero attached hydrogens (tertiary/aromatic N) is 7. The van der Waals surface area contributed by atoms with Crippen molar-refractivity contribution in [2.24, 2.45) is 47.3 Å². The second-order valence-electron chi connectivity index (χ2n) is 28.3. The number of carbonyl (C=O) groups excluding carboxylic acids is 5. The van der Waals surface area contributed by atoms with Gasteiger partial charge in [-0.3, -0.25) is 29.1 Å². The van der Waals surface area contributed by atoms with Gasteiger partial charge in [-0.2, -0.15) is 5.10 Å². The molecule has 2 aromatic carbocycles. The number of esters is 2. The number of methoxy groups -OCH3 is 2. The van der Waals surface area contributed by atoms with Gasteiger partial charge in [0.25, 0.3) is 5.91 Å². The van der Waals surface area contributed by atoms with Crippen LogP contribution in [-0.4, -0.2) is 227 Å². The topological polar surface area (TPSA) is 231 Å². The van der Waals surface area contributed by atoms with E-state index in [1.165, 1.54) is 6.42 Å². The van der Waals surface area contributed by atoms with Crippen molar-refractivity contribution < 1.29 is 57.5 Å². The van der Waals surface area contributed by atoms with Gasteiger partial charge in [0.05, 0.1) is 70.7 Å². The fourth-order valence-electron chi connectivity index (χ4n) is 13.5. The van der Waals surface area contributed by atoms with Gasteiger partial charge in [-0.05, 0) is 160 Å². The molecule has 1 atom stereocenters. The Hall–Kier alpha value is -6.04. The van der Waals surface area contributed by atoms with Crippen LogP contribution in [0.3, 0.4) is 0 Å². The zero-order chi connectivity index (χ0) is 66.6. The molecular formula is C70H112N10O12. The van der Waals surface area contributed by atoms with Crippen LogP contribution in [0.25, 0.3) is 16.9 Å². The summed E-state index contributed by atoms with van der Waals surface area (Å²) in [5.74, 6) is 1.89. The normalized spacial score (nSPS) is 21.2. The Bertz CT molecular complexity index is 2790. The molecule has 4 N–H and O–H groups in total. The maximum atomic E-state index is 14.9. The van der Waals surface area contributed by atoms with E-state index in [4.69, 9.17) is 33.5 Å². The lowest BCUT2D eigenvalue weighted by Crippen LogP contribution is -2.70. The van der Waals surface area contributed by atoms with Crippen molar-refractivity contribution in [3.8, 4) is 28.4 Å². The molecule has 1 unspecified atom stereocenters. The average molecular weight is 1290 g/mol. The minimum absolute atomic E-state index is 0.00163. The first-order chi connectivity index (χ1) is 44.0. The van der Waals surface area contributed by atoms with E-state index in [0.29, 0.717) is 113 Å². The molecule has 3 aromatic rings. The molecule has 0 spiro atoms. The van der Waals surface area contributed by atoms with Crippen molar-refractivity contribution in [3.05, 3.63) is 53.7 Å². The lowest BCUT2D eigenvalue weighted by Gasteiger charge is -2.59. The Balaban J connectivity index is 0.962. The molecule has 22 nitrogen and oxygen atoms in total. The van der Waals surface area contributed by atoms with Crippen molar-refractivity contribution >= 4 is 35.5 Å². The lowest BCUT2D eigenvalue weighted by atomic mass is 9.48. The number of hydrogen-bond acceptors (Lipinski definition) is 18. The summed E-state index contributed by atoms with van der Waals surface area (Å²) in [5.41, 5.74) is 3.06. The predicted octanol–water partition coefficient (Wildman–Crippen LogP) is 8.25. The zero-order valence-electron chi connectivity index (χ0n) is 57.8. The van der Waals surface area contributed by atoms with Crippen molar-refractivity contribution in [2.45, 2.75) is 132 Å². The lowest BCUT2D eigenvalue weighted by molar-refractivity contribution is -0.171. The Morgan fingerprint density at radius 3 is 1.82 bits per heavy atom. The molecule has 22 heteroatoms. The number of aliphatic hydroxyl groups excluding tert-OH is 1. The van der Waals surface area contributed by atoms with Crippen LogP contribution in [-0.2, 0) is 33.3 Å². The zero-order valence-corrected chi connectivity index (χ0v) is 57.8. The average Bonchev–Trinajstić information content (AvgIpc) is 0.778. The summed E-state index contributed by atoms with van der Waals surface area (Å²) >= 11 is 0. The number of aromatic nitrogens is 2. The van der Waals surface area contributed by atoms with Crippen LogP contribution in [0.1, 0.15) is 136 Å². The third-order valence-electron chi connectivity index (χ3n) is 18.2. The van der Waals surface area contributed by atoms with Crippen LogP contribution in [0.4, 0.5) is 10.5 Å². The van der Waals surface area contributed by atoms with Crippen LogP contribution in [0.2, 0.25) is 0 Å². The van der Waals surface area contributed by atoms with Crippen LogP contribution < -0.4 is 25.4 Å². The Kier molecular flexibility index (Phi) is 28.3. The van der Waals surface area contributed by atoms with Gasteiger partial charge in [0.1, 0.15) is 17.0 Å². The molecule has 3 amide bonds. The Labute approximate surface area is 548 Å². The number of nitrogens with one attached hydrogen (secondary N) is 3. The van der Waals surface area contributed by atoms with Gasteiger partial charge in [-0.25, -0.2) is 14.3 Å². The molecule has 0 radical (unpaired) electrons. The van der Waals surface area contributed by atoms with E-state index in [-0.39, 0.29) is 97.8 Å². The van der Waals surface area contributed by atoms with Crippen LogP contribution in [0.5, 0.6) is 11.5 Å². The molecule has 514 valence electrons. The highest BCUT2D eigenvalue weighted by Crippen LogP contribution is 2.59. The van der Waals surface area contributed by atoms with Crippen LogP contribution in [0.15, 0.2) is 42.5 Å².